The molecule has 0 N–H and O–H groups in total. The van der Waals surface area contributed by atoms with Crippen molar-refractivity contribution in [3.05, 3.63) is 21.0 Å². The molecule has 8 heteroatoms. The quantitative estimate of drug-likeness (QED) is 0.427. The number of hydrogen-bond donors (Lipinski definition) is 0. The summed E-state index contributed by atoms with van der Waals surface area (Å²) in [7, 11) is 0. The minimum atomic E-state index is -4.79. The molecule has 0 saturated carbocycles. The fourth-order valence-corrected chi connectivity index (χ4v) is 2.75. The second kappa shape index (κ2) is 5.86. The van der Waals surface area contributed by atoms with Crippen molar-refractivity contribution in [1.82, 2.24) is 4.98 Å². The largest absolute Gasteiger partial charge is 0.573 e. The van der Waals surface area contributed by atoms with Crippen molar-refractivity contribution in [3.8, 4) is 11.8 Å². The molecule has 1 aromatic rings. The van der Waals surface area contributed by atoms with E-state index in [0.717, 1.165) is 0 Å². The van der Waals surface area contributed by atoms with Crippen LogP contribution in [0.15, 0.2) is 6.20 Å². The van der Waals surface area contributed by atoms with Gasteiger partial charge in [-0.3, -0.25) is 0 Å². The molecule has 0 amide bonds. The number of ether oxygens (including phenoxy) is 1. The third kappa shape index (κ3) is 3.99. The lowest BCUT2D eigenvalue weighted by molar-refractivity contribution is -0.275. The molecule has 1 rings (SSSR count). The third-order valence-corrected chi connectivity index (χ3v) is 3.26. The van der Waals surface area contributed by atoms with E-state index in [1.807, 2.05) is 22.6 Å². The maximum Gasteiger partial charge on any atom is 0.573 e. The van der Waals surface area contributed by atoms with Gasteiger partial charge in [0, 0.05) is 22.7 Å². The Bertz CT molecular complexity index is 459. The van der Waals surface area contributed by atoms with Crippen molar-refractivity contribution in [3.63, 3.8) is 0 Å². The molecular formula is C9H5BrF3IN2O. The highest BCUT2D eigenvalue weighted by Crippen LogP contribution is 2.33. The maximum absolute atomic E-state index is 12.3. The van der Waals surface area contributed by atoms with Crippen LogP contribution in [0.25, 0.3) is 0 Å². The summed E-state index contributed by atoms with van der Waals surface area (Å²) in [5.41, 5.74) is 0.412. The predicted octanol–water partition coefficient (Wildman–Crippen LogP) is 3.55. The number of nitriles is 1. The standard InChI is InChI=1S/C9H5BrF3IN2O/c10-3-6-7(17-9(11,12)13)5(1-2-15)4-16-8(6)14/h4H,1,3H2. The zero-order valence-corrected chi connectivity index (χ0v) is 11.9. The van der Waals surface area contributed by atoms with E-state index < -0.39 is 6.36 Å². The van der Waals surface area contributed by atoms with Gasteiger partial charge < -0.3 is 4.74 Å². The van der Waals surface area contributed by atoms with Gasteiger partial charge in [-0.1, -0.05) is 15.9 Å². The van der Waals surface area contributed by atoms with Crippen LogP contribution in [0.2, 0.25) is 0 Å². The van der Waals surface area contributed by atoms with Crippen LogP contribution in [0.3, 0.4) is 0 Å². The molecule has 0 aliphatic rings. The van der Waals surface area contributed by atoms with E-state index in [2.05, 4.69) is 25.7 Å². The maximum atomic E-state index is 12.3. The molecule has 1 heterocycles. The Morgan fingerprint density at radius 2 is 2.18 bits per heavy atom. The summed E-state index contributed by atoms with van der Waals surface area (Å²) >= 11 is 4.89. The van der Waals surface area contributed by atoms with Crippen LogP contribution in [0.1, 0.15) is 11.1 Å². The summed E-state index contributed by atoms with van der Waals surface area (Å²) in [5, 5.41) is 8.72. The molecule has 92 valence electrons. The number of rotatable bonds is 3. The molecule has 0 unspecified atom stereocenters. The van der Waals surface area contributed by atoms with Crippen LogP contribution in [-0.4, -0.2) is 11.3 Å². The predicted molar refractivity (Wildman–Crippen MR) is 65.6 cm³/mol. The summed E-state index contributed by atoms with van der Waals surface area (Å²) in [4.78, 5) is 3.92. The average Bonchev–Trinajstić information content (AvgIpc) is 2.21. The van der Waals surface area contributed by atoms with E-state index in [9.17, 15) is 13.2 Å². The van der Waals surface area contributed by atoms with Crippen molar-refractivity contribution in [2.45, 2.75) is 18.1 Å². The topological polar surface area (TPSA) is 45.9 Å². The highest BCUT2D eigenvalue weighted by atomic mass is 127. The van der Waals surface area contributed by atoms with Gasteiger partial charge in [-0.2, -0.15) is 5.26 Å². The molecule has 0 aliphatic heterocycles. The van der Waals surface area contributed by atoms with Gasteiger partial charge in [0.05, 0.1) is 12.5 Å². The smallest absolute Gasteiger partial charge is 0.405 e. The second-order valence-corrected chi connectivity index (χ2v) is 4.48. The number of alkyl halides is 4. The van der Waals surface area contributed by atoms with Gasteiger partial charge in [0.15, 0.2) is 0 Å². The SMILES string of the molecule is N#CCc1cnc(I)c(CBr)c1OC(F)(F)F. The van der Waals surface area contributed by atoms with Crippen molar-refractivity contribution in [2.24, 2.45) is 0 Å². The van der Waals surface area contributed by atoms with Gasteiger partial charge in [-0.05, 0) is 22.6 Å². The monoisotopic (exact) mass is 420 g/mol. The van der Waals surface area contributed by atoms with E-state index >= 15 is 0 Å². The van der Waals surface area contributed by atoms with Crippen LogP contribution in [-0.2, 0) is 11.8 Å². The number of hydrogen-bond acceptors (Lipinski definition) is 3. The Morgan fingerprint density at radius 1 is 1.53 bits per heavy atom. The lowest BCUT2D eigenvalue weighted by Crippen LogP contribution is -2.19. The highest BCUT2D eigenvalue weighted by Gasteiger charge is 2.33. The first-order chi connectivity index (χ1) is 7.89. The Labute approximate surface area is 117 Å². The fraction of sp³-hybridized carbons (Fsp3) is 0.333. The van der Waals surface area contributed by atoms with E-state index in [1.165, 1.54) is 6.20 Å². The van der Waals surface area contributed by atoms with E-state index in [-0.39, 0.29) is 28.6 Å². The van der Waals surface area contributed by atoms with Crippen LogP contribution in [0.5, 0.6) is 5.75 Å². The number of halogens is 5. The lowest BCUT2D eigenvalue weighted by Gasteiger charge is -2.15. The summed E-state index contributed by atoms with van der Waals surface area (Å²) in [6.07, 6.45) is -3.75. The van der Waals surface area contributed by atoms with E-state index in [1.54, 1.807) is 6.07 Å². The Morgan fingerprint density at radius 3 is 2.65 bits per heavy atom. The molecule has 0 spiro atoms. The van der Waals surface area contributed by atoms with Gasteiger partial charge in [0.25, 0.3) is 0 Å². The second-order valence-electron chi connectivity index (χ2n) is 2.90. The van der Waals surface area contributed by atoms with Crippen molar-refractivity contribution in [1.29, 1.82) is 5.26 Å². The molecule has 0 aliphatic carbocycles. The molecule has 0 bridgehead atoms. The van der Waals surface area contributed by atoms with Crippen molar-refractivity contribution in [2.75, 3.05) is 0 Å². The first-order valence-corrected chi connectivity index (χ1v) is 6.44. The molecule has 3 nitrogen and oxygen atoms in total. The summed E-state index contributed by atoms with van der Waals surface area (Å²) < 4.78 is 41.2. The van der Waals surface area contributed by atoms with E-state index in [4.69, 9.17) is 5.26 Å². The van der Waals surface area contributed by atoms with Gasteiger partial charge >= 0.3 is 6.36 Å². The lowest BCUT2D eigenvalue weighted by atomic mass is 10.1. The van der Waals surface area contributed by atoms with Gasteiger partial charge in [-0.25, -0.2) is 4.98 Å². The molecule has 17 heavy (non-hydrogen) atoms. The molecule has 0 aromatic carbocycles. The van der Waals surface area contributed by atoms with E-state index in [0.29, 0.717) is 3.70 Å². The van der Waals surface area contributed by atoms with Gasteiger partial charge in [0.2, 0.25) is 0 Å². The van der Waals surface area contributed by atoms with Gasteiger partial charge in [0.1, 0.15) is 9.45 Å². The average molecular weight is 421 g/mol. The third-order valence-electron chi connectivity index (χ3n) is 1.77. The van der Waals surface area contributed by atoms with Crippen LogP contribution < -0.4 is 4.74 Å². The van der Waals surface area contributed by atoms with Crippen molar-refractivity contribution < 1.29 is 17.9 Å². The Balaban J connectivity index is 3.29. The summed E-state index contributed by atoms with van der Waals surface area (Å²) in [6.45, 7) is 0. The van der Waals surface area contributed by atoms with Crippen LogP contribution >= 0.6 is 38.5 Å². The zero-order valence-electron chi connectivity index (χ0n) is 8.18. The molecule has 1 aromatic heterocycles. The first-order valence-electron chi connectivity index (χ1n) is 4.24. The van der Waals surface area contributed by atoms with Crippen molar-refractivity contribution >= 4 is 38.5 Å². The van der Waals surface area contributed by atoms with Crippen LogP contribution in [0.4, 0.5) is 13.2 Å². The Kier molecular flexibility index (Phi) is 5.00. The summed E-state index contributed by atoms with van der Waals surface area (Å²) in [5.74, 6) is -0.338. The zero-order chi connectivity index (χ0) is 13.1. The molecule has 0 fully saturated rings. The number of nitrogens with zero attached hydrogens (tertiary/aromatic N) is 2. The Hall–Kier alpha value is -0.560. The molecule has 0 saturated heterocycles. The minimum absolute atomic E-state index is 0.125. The normalized spacial score (nSPS) is 11.1. The molecular weight excluding hydrogens is 416 g/mol. The number of aromatic nitrogens is 1. The molecule has 0 radical (unpaired) electrons. The fourth-order valence-electron chi connectivity index (χ4n) is 1.13. The first kappa shape index (κ1) is 14.5. The highest BCUT2D eigenvalue weighted by molar-refractivity contribution is 14.1. The molecule has 0 atom stereocenters. The van der Waals surface area contributed by atoms with Crippen LogP contribution in [0, 0.1) is 15.0 Å². The number of pyridine rings is 1. The minimum Gasteiger partial charge on any atom is -0.405 e. The summed E-state index contributed by atoms with van der Waals surface area (Å²) in [6, 6.07) is 1.78. The van der Waals surface area contributed by atoms with Gasteiger partial charge in [-0.15, -0.1) is 13.2 Å².